The quantitative estimate of drug-likeness (QED) is 0.361. The van der Waals surface area contributed by atoms with Gasteiger partial charge in [0.1, 0.15) is 0 Å². The van der Waals surface area contributed by atoms with Crippen LogP contribution in [0, 0.1) is 20.2 Å². The van der Waals surface area contributed by atoms with E-state index in [1.54, 1.807) is 0 Å². The Balaban J connectivity index is 1.98. The summed E-state index contributed by atoms with van der Waals surface area (Å²) in [5, 5.41) is 24.3. The Morgan fingerprint density at radius 2 is 1.77 bits per heavy atom. The molecule has 0 radical (unpaired) electrons. The van der Waals surface area contributed by atoms with Crippen LogP contribution in [0.5, 0.6) is 0 Å². The lowest BCUT2D eigenvalue weighted by Gasteiger charge is -1.97. The van der Waals surface area contributed by atoms with Crippen molar-refractivity contribution in [1.29, 1.82) is 0 Å². The molecule has 10 heteroatoms. The van der Waals surface area contributed by atoms with Crippen molar-refractivity contribution in [3.05, 3.63) is 67.1 Å². The lowest BCUT2D eigenvalue weighted by Crippen LogP contribution is -2.01. The standard InChI is InChI=1S/C12H7N3O6S/c16-12(8-1-3-9(4-2-8)14(17)18)21-13-7-10-5-6-11(22-10)15(19)20/h1-7H/b13-7+. The van der Waals surface area contributed by atoms with E-state index in [1.165, 1.54) is 42.6 Å². The molecular formula is C12H7N3O6S. The molecule has 0 unspecified atom stereocenters. The Morgan fingerprint density at radius 1 is 1.09 bits per heavy atom. The second-order valence-electron chi connectivity index (χ2n) is 3.85. The van der Waals surface area contributed by atoms with Crippen molar-refractivity contribution < 1.29 is 19.5 Å². The fourth-order valence-electron chi connectivity index (χ4n) is 1.41. The van der Waals surface area contributed by atoms with Crippen LogP contribution in [0.15, 0.2) is 41.6 Å². The lowest BCUT2D eigenvalue weighted by molar-refractivity contribution is -0.384. The van der Waals surface area contributed by atoms with Crippen LogP contribution >= 0.6 is 11.3 Å². The largest absolute Gasteiger partial charge is 0.365 e. The van der Waals surface area contributed by atoms with E-state index in [-0.39, 0.29) is 16.3 Å². The van der Waals surface area contributed by atoms with Gasteiger partial charge < -0.3 is 4.84 Å². The molecule has 22 heavy (non-hydrogen) atoms. The van der Waals surface area contributed by atoms with Gasteiger partial charge >= 0.3 is 11.0 Å². The van der Waals surface area contributed by atoms with Gasteiger partial charge in [0, 0.05) is 18.2 Å². The number of hydrogen-bond acceptors (Lipinski definition) is 8. The molecule has 0 fully saturated rings. The average molecular weight is 321 g/mol. The summed E-state index contributed by atoms with van der Waals surface area (Å²) < 4.78 is 0. The molecule has 112 valence electrons. The maximum atomic E-state index is 11.6. The first-order valence-corrected chi connectivity index (χ1v) is 6.52. The van der Waals surface area contributed by atoms with E-state index in [0.717, 1.165) is 11.3 Å². The van der Waals surface area contributed by atoms with E-state index in [4.69, 9.17) is 0 Å². The first kappa shape index (κ1) is 15.3. The molecular weight excluding hydrogens is 314 g/mol. The zero-order chi connectivity index (χ0) is 16.1. The van der Waals surface area contributed by atoms with Crippen LogP contribution in [0.1, 0.15) is 15.2 Å². The number of hydrogen-bond donors (Lipinski definition) is 0. The van der Waals surface area contributed by atoms with Gasteiger partial charge in [0.05, 0.1) is 26.5 Å². The summed E-state index contributed by atoms with van der Waals surface area (Å²) >= 11 is 0.879. The number of non-ortho nitro benzene ring substituents is 1. The van der Waals surface area contributed by atoms with Crippen LogP contribution in [0.3, 0.4) is 0 Å². The molecule has 0 saturated heterocycles. The number of nitro groups is 2. The average Bonchev–Trinajstić information content (AvgIpc) is 2.96. The highest BCUT2D eigenvalue weighted by Crippen LogP contribution is 2.22. The van der Waals surface area contributed by atoms with Gasteiger partial charge in [-0.25, -0.2) is 4.79 Å². The van der Waals surface area contributed by atoms with Gasteiger partial charge in [-0.1, -0.05) is 16.5 Å². The summed E-state index contributed by atoms with van der Waals surface area (Å²) in [6, 6.07) is 7.60. The third-order valence-electron chi connectivity index (χ3n) is 2.42. The second kappa shape index (κ2) is 6.54. The van der Waals surface area contributed by atoms with Crippen molar-refractivity contribution in [3.8, 4) is 0 Å². The number of benzene rings is 1. The van der Waals surface area contributed by atoms with Crippen LogP contribution in [-0.4, -0.2) is 22.0 Å². The Bertz CT molecular complexity index is 752. The fourth-order valence-corrected chi connectivity index (χ4v) is 2.09. The van der Waals surface area contributed by atoms with Crippen LogP contribution in [0.4, 0.5) is 10.7 Å². The normalized spacial score (nSPS) is 10.5. The van der Waals surface area contributed by atoms with Gasteiger partial charge in [-0.2, -0.15) is 0 Å². The third-order valence-corrected chi connectivity index (χ3v) is 3.39. The Kier molecular flexibility index (Phi) is 4.53. The van der Waals surface area contributed by atoms with Crippen molar-refractivity contribution in [1.82, 2.24) is 0 Å². The summed E-state index contributed by atoms with van der Waals surface area (Å²) in [4.78, 5) is 36.5. The molecule has 2 rings (SSSR count). The van der Waals surface area contributed by atoms with Gasteiger partial charge in [0.25, 0.3) is 5.69 Å². The molecule has 0 N–H and O–H groups in total. The molecule has 0 aliphatic carbocycles. The zero-order valence-corrected chi connectivity index (χ0v) is 11.6. The predicted molar refractivity (Wildman–Crippen MR) is 77.1 cm³/mol. The fraction of sp³-hybridized carbons (Fsp3) is 0. The molecule has 1 heterocycles. The number of thiophene rings is 1. The summed E-state index contributed by atoms with van der Waals surface area (Å²) in [6.45, 7) is 0. The molecule has 0 aliphatic heterocycles. The van der Waals surface area contributed by atoms with Crippen molar-refractivity contribution in [2.75, 3.05) is 0 Å². The molecule has 0 aliphatic rings. The molecule has 0 spiro atoms. The van der Waals surface area contributed by atoms with Crippen LogP contribution in [0.25, 0.3) is 0 Å². The van der Waals surface area contributed by atoms with E-state index in [0.29, 0.717) is 4.88 Å². The van der Waals surface area contributed by atoms with Gasteiger partial charge in [-0.05, 0) is 18.2 Å². The van der Waals surface area contributed by atoms with Gasteiger partial charge in [-0.15, -0.1) is 0 Å². The number of nitro benzene ring substituents is 1. The molecule has 0 atom stereocenters. The first-order valence-electron chi connectivity index (χ1n) is 5.71. The van der Waals surface area contributed by atoms with Crippen LogP contribution in [-0.2, 0) is 4.84 Å². The van der Waals surface area contributed by atoms with E-state index in [9.17, 15) is 25.0 Å². The summed E-state index contributed by atoms with van der Waals surface area (Å²) in [7, 11) is 0. The highest BCUT2D eigenvalue weighted by Gasteiger charge is 2.11. The SMILES string of the molecule is O=C(O/N=C/c1ccc([N+](=O)[O-])s1)c1ccc([N+](=O)[O-])cc1. The molecule has 1 aromatic carbocycles. The van der Waals surface area contributed by atoms with Gasteiger partial charge in [-0.3, -0.25) is 20.2 Å². The summed E-state index contributed by atoms with van der Waals surface area (Å²) in [5.41, 5.74) is -0.0501. The molecule has 0 amide bonds. The molecule has 1 aromatic heterocycles. The number of carbonyl (C=O) groups is 1. The number of nitrogens with zero attached hydrogens (tertiary/aromatic N) is 3. The maximum absolute atomic E-state index is 11.6. The zero-order valence-electron chi connectivity index (χ0n) is 10.7. The highest BCUT2D eigenvalue weighted by atomic mass is 32.1. The third kappa shape index (κ3) is 3.70. The molecule has 9 nitrogen and oxygen atoms in total. The number of carbonyl (C=O) groups excluding carboxylic acids is 1. The predicted octanol–water partition coefficient (Wildman–Crippen LogP) is 2.76. The van der Waals surface area contributed by atoms with Crippen LogP contribution < -0.4 is 0 Å². The second-order valence-corrected chi connectivity index (χ2v) is 4.94. The van der Waals surface area contributed by atoms with E-state index in [2.05, 4.69) is 9.99 Å². The summed E-state index contributed by atoms with van der Waals surface area (Å²) in [6.07, 6.45) is 1.17. The smallest absolute Gasteiger partial charge is 0.313 e. The van der Waals surface area contributed by atoms with E-state index >= 15 is 0 Å². The van der Waals surface area contributed by atoms with Gasteiger partial charge in [0.2, 0.25) is 0 Å². The minimum atomic E-state index is -0.794. The Morgan fingerprint density at radius 3 is 2.32 bits per heavy atom. The van der Waals surface area contributed by atoms with Crippen molar-refractivity contribution in [3.63, 3.8) is 0 Å². The first-order chi connectivity index (χ1) is 10.5. The molecule has 0 bridgehead atoms. The minimum absolute atomic E-state index is 0.0526. The topological polar surface area (TPSA) is 125 Å². The Labute approximate surface area is 126 Å². The van der Waals surface area contributed by atoms with Crippen molar-refractivity contribution in [2.45, 2.75) is 0 Å². The monoisotopic (exact) mass is 321 g/mol. The maximum Gasteiger partial charge on any atom is 0.365 e. The van der Waals surface area contributed by atoms with Crippen molar-refractivity contribution in [2.24, 2.45) is 5.16 Å². The molecule has 2 aromatic rings. The lowest BCUT2D eigenvalue weighted by atomic mass is 10.2. The summed E-state index contributed by atoms with van der Waals surface area (Å²) in [5.74, 6) is -0.794. The minimum Gasteiger partial charge on any atom is -0.313 e. The van der Waals surface area contributed by atoms with E-state index in [1.807, 2.05) is 0 Å². The Hall–Kier alpha value is -3.14. The van der Waals surface area contributed by atoms with E-state index < -0.39 is 15.8 Å². The highest BCUT2D eigenvalue weighted by molar-refractivity contribution is 7.16. The molecule has 0 saturated carbocycles. The number of oxime groups is 1. The van der Waals surface area contributed by atoms with Crippen molar-refractivity contribution >= 4 is 34.2 Å². The van der Waals surface area contributed by atoms with Gasteiger partial charge in [0.15, 0.2) is 0 Å². The number of rotatable bonds is 5. The van der Waals surface area contributed by atoms with Crippen LogP contribution in [0.2, 0.25) is 0 Å².